The molecule has 0 aliphatic carbocycles. The summed E-state index contributed by atoms with van der Waals surface area (Å²) in [7, 11) is 0. The van der Waals surface area contributed by atoms with E-state index in [4.69, 9.17) is 0 Å². The Morgan fingerprint density at radius 3 is 0.775 bits per heavy atom. The van der Waals surface area contributed by atoms with Crippen LogP contribution in [-0.2, 0) is 51.4 Å². The number of nitrogens with one attached hydrogen (secondary N) is 4. The van der Waals surface area contributed by atoms with Gasteiger partial charge in [0, 0.05) is 72.6 Å². The third kappa shape index (κ3) is 4.98. The largest absolute Gasteiger partial charge is 0.362 e. The zero-order valence-corrected chi connectivity index (χ0v) is 26.8. The number of fused-ring (bicyclic) bond motifs is 8. The average molecular weight is 545 g/mol. The van der Waals surface area contributed by atoms with Crippen LogP contribution >= 0.6 is 0 Å². The first-order valence-corrected chi connectivity index (χ1v) is 16.8. The maximum absolute atomic E-state index is 4.18. The van der Waals surface area contributed by atoms with Crippen molar-refractivity contribution in [3.8, 4) is 0 Å². The standard InChI is InChI=1S/C36H56N4/c1-9-21-22(10-2)30-18-32-25(13-5)26(14-6)34(39-32)20-36-28(16-8)27(15-7)35(40-36)19-33-24(12-4)23(11-3)31(38-33)17-29(21)37-30/h29-30,35-40H,9-20H2,1-8H3. The predicted octanol–water partition coefficient (Wildman–Crippen LogP) is 7.39. The summed E-state index contributed by atoms with van der Waals surface area (Å²) in [5, 5.41) is 8.36. The van der Waals surface area contributed by atoms with Crippen LogP contribution in [-0.4, -0.2) is 34.1 Å². The first-order chi connectivity index (χ1) is 19.5. The molecule has 4 unspecified atom stereocenters. The molecule has 8 bridgehead atoms. The van der Waals surface area contributed by atoms with Crippen LogP contribution in [0.3, 0.4) is 0 Å². The van der Waals surface area contributed by atoms with Crippen LogP contribution in [0.5, 0.6) is 0 Å². The van der Waals surface area contributed by atoms with Gasteiger partial charge in [0.05, 0.1) is 0 Å². The van der Waals surface area contributed by atoms with Crippen LogP contribution in [0.15, 0.2) is 22.3 Å². The van der Waals surface area contributed by atoms with Crippen molar-refractivity contribution in [2.24, 2.45) is 0 Å². The molecule has 2 aromatic rings. The van der Waals surface area contributed by atoms with Gasteiger partial charge in [-0.05, 0) is 73.6 Å². The molecular weight excluding hydrogens is 488 g/mol. The summed E-state index contributed by atoms with van der Waals surface area (Å²) < 4.78 is 0. The van der Waals surface area contributed by atoms with Gasteiger partial charge in [-0.15, -0.1) is 0 Å². The fourth-order valence-electron chi connectivity index (χ4n) is 9.02. The Morgan fingerprint density at radius 2 is 0.600 bits per heavy atom. The lowest BCUT2D eigenvalue weighted by Crippen LogP contribution is -2.36. The number of rotatable bonds is 8. The molecule has 4 atom stereocenters. The molecule has 4 nitrogen and oxygen atoms in total. The van der Waals surface area contributed by atoms with E-state index in [1.807, 2.05) is 0 Å². The molecule has 2 aromatic heterocycles. The Morgan fingerprint density at radius 1 is 0.375 bits per heavy atom. The van der Waals surface area contributed by atoms with Crippen molar-refractivity contribution in [1.29, 1.82) is 0 Å². The summed E-state index contributed by atoms with van der Waals surface area (Å²) >= 11 is 0. The summed E-state index contributed by atoms with van der Waals surface area (Å²) in [6.45, 7) is 18.9. The molecule has 3 aliphatic rings. The van der Waals surface area contributed by atoms with Gasteiger partial charge < -0.3 is 20.6 Å². The normalized spacial score (nSPS) is 25.0. The van der Waals surface area contributed by atoms with Crippen molar-refractivity contribution in [1.82, 2.24) is 20.6 Å². The zero-order chi connectivity index (χ0) is 28.6. The molecule has 0 saturated heterocycles. The highest BCUT2D eigenvalue weighted by Gasteiger charge is 2.36. The third-order valence-electron chi connectivity index (χ3n) is 10.7. The Balaban J connectivity index is 1.66. The molecule has 0 spiro atoms. The lowest BCUT2D eigenvalue weighted by molar-refractivity contribution is 0.516. The molecular formula is C36H56N4. The smallest absolute Gasteiger partial charge is 0.0343 e. The van der Waals surface area contributed by atoms with Gasteiger partial charge in [0.1, 0.15) is 0 Å². The second-order valence-corrected chi connectivity index (χ2v) is 12.4. The van der Waals surface area contributed by atoms with Gasteiger partial charge in [-0.25, -0.2) is 0 Å². The minimum absolute atomic E-state index is 0.427. The van der Waals surface area contributed by atoms with Gasteiger partial charge in [0.15, 0.2) is 0 Å². The quantitative estimate of drug-likeness (QED) is 0.262. The maximum atomic E-state index is 4.18. The summed E-state index contributed by atoms with van der Waals surface area (Å²) in [5.74, 6) is 0. The summed E-state index contributed by atoms with van der Waals surface area (Å²) in [6.07, 6.45) is 13.3. The number of aromatic amines is 2. The third-order valence-corrected chi connectivity index (χ3v) is 10.7. The molecule has 40 heavy (non-hydrogen) atoms. The molecule has 5 heterocycles. The average Bonchev–Trinajstić information content (AvgIpc) is 3.67. The summed E-state index contributed by atoms with van der Waals surface area (Å²) in [5.41, 5.74) is 18.9. The summed E-state index contributed by atoms with van der Waals surface area (Å²) in [6, 6.07) is 1.71. The Kier molecular flexibility index (Phi) is 9.17. The van der Waals surface area contributed by atoms with Gasteiger partial charge >= 0.3 is 0 Å². The molecule has 4 heteroatoms. The molecule has 0 fully saturated rings. The Labute approximate surface area is 244 Å². The monoisotopic (exact) mass is 544 g/mol. The van der Waals surface area contributed by atoms with Crippen LogP contribution in [0.2, 0.25) is 0 Å². The molecule has 0 radical (unpaired) electrons. The first-order valence-electron chi connectivity index (χ1n) is 16.8. The molecule has 4 N–H and O–H groups in total. The highest BCUT2D eigenvalue weighted by atomic mass is 15.0. The lowest BCUT2D eigenvalue weighted by atomic mass is 9.91. The topological polar surface area (TPSA) is 55.6 Å². The van der Waals surface area contributed by atoms with E-state index in [1.165, 1.54) is 22.8 Å². The number of hydrogen-bond donors (Lipinski definition) is 4. The van der Waals surface area contributed by atoms with Gasteiger partial charge in [-0.3, -0.25) is 0 Å². The fourth-order valence-corrected chi connectivity index (χ4v) is 9.02. The Hall–Kier alpha value is -2.04. The Bertz CT molecular complexity index is 1080. The van der Waals surface area contributed by atoms with Gasteiger partial charge in [0.25, 0.3) is 0 Å². The zero-order valence-electron chi connectivity index (χ0n) is 26.8. The molecule has 0 aromatic carbocycles. The van der Waals surface area contributed by atoms with E-state index in [2.05, 4.69) is 76.0 Å². The van der Waals surface area contributed by atoms with Crippen LogP contribution in [0.4, 0.5) is 0 Å². The van der Waals surface area contributed by atoms with Crippen LogP contribution in [0.1, 0.15) is 126 Å². The minimum Gasteiger partial charge on any atom is -0.362 e. The van der Waals surface area contributed by atoms with Crippen LogP contribution in [0, 0.1) is 0 Å². The van der Waals surface area contributed by atoms with Crippen molar-refractivity contribution in [3.05, 3.63) is 67.3 Å². The first kappa shape index (κ1) is 29.5. The van der Waals surface area contributed by atoms with E-state index < -0.39 is 0 Å². The molecule has 0 saturated carbocycles. The predicted molar refractivity (Wildman–Crippen MR) is 171 cm³/mol. The molecule has 5 rings (SSSR count). The van der Waals surface area contributed by atoms with Crippen molar-refractivity contribution in [2.75, 3.05) is 0 Å². The number of H-pyrrole nitrogens is 2. The molecule has 220 valence electrons. The van der Waals surface area contributed by atoms with E-state index in [9.17, 15) is 0 Å². The summed E-state index contributed by atoms with van der Waals surface area (Å²) in [4.78, 5) is 8.12. The second-order valence-electron chi connectivity index (χ2n) is 12.4. The van der Waals surface area contributed by atoms with E-state index in [0.29, 0.717) is 24.2 Å². The SMILES string of the molecule is CCC1=C(CC)C2Cc3[nH]c(c(CC)c3CC)CC3NC(Cc4[nH]c(c(CC)c4CC)CC1N2)C(CC)=C3CC. The highest BCUT2D eigenvalue weighted by Crippen LogP contribution is 2.36. The second kappa shape index (κ2) is 12.4. The number of hydrogen-bond acceptors (Lipinski definition) is 2. The van der Waals surface area contributed by atoms with Crippen LogP contribution in [0.25, 0.3) is 0 Å². The van der Waals surface area contributed by atoms with Crippen molar-refractivity contribution >= 4 is 0 Å². The lowest BCUT2D eigenvalue weighted by Gasteiger charge is -2.19. The van der Waals surface area contributed by atoms with E-state index in [-0.39, 0.29) is 0 Å². The highest BCUT2D eigenvalue weighted by molar-refractivity contribution is 5.45. The van der Waals surface area contributed by atoms with Gasteiger partial charge in [0.2, 0.25) is 0 Å². The van der Waals surface area contributed by atoms with Gasteiger partial charge in [-0.1, -0.05) is 77.7 Å². The van der Waals surface area contributed by atoms with Crippen molar-refractivity contribution in [2.45, 2.75) is 157 Å². The van der Waals surface area contributed by atoms with E-state index in [0.717, 1.165) is 77.0 Å². The van der Waals surface area contributed by atoms with Crippen molar-refractivity contribution < 1.29 is 0 Å². The molecule has 0 amide bonds. The van der Waals surface area contributed by atoms with E-state index in [1.54, 1.807) is 44.5 Å². The number of aromatic nitrogens is 2. The van der Waals surface area contributed by atoms with Gasteiger partial charge in [-0.2, -0.15) is 0 Å². The van der Waals surface area contributed by atoms with Crippen LogP contribution < -0.4 is 10.6 Å². The van der Waals surface area contributed by atoms with E-state index >= 15 is 0 Å². The molecule has 3 aliphatic heterocycles. The van der Waals surface area contributed by atoms with Crippen molar-refractivity contribution in [3.63, 3.8) is 0 Å². The minimum atomic E-state index is 0.427. The maximum Gasteiger partial charge on any atom is 0.0343 e. The fraction of sp³-hybridized carbons (Fsp3) is 0.667.